The highest BCUT2D eigenvalue weighted by Gasteiger charge is 2.27. The van der Waals surface area contributed by atoms with Crippen molar-refractivity contribution in [2.24, 2.45) is 0 Å². The van der Waals surface area contributed by atoms with Gasteiger partial charge in [0.05, 0.1) is 0 Å². The van der Waals surface area contributed by atoms with E-state index in [1.807, 2.05) is 97.1 Å². The molecule has 306 valence electrons. The second-order valence-corrected chi connectivity index (χ2v) is 15.6. The van der Waals surface area contributed by atoms with Gasteiger partial charge in [0, 0.05) is 28.9 Å². The Balaban J connectivity index is 0.000000186. The van der Waals surface area contributed by atoms with Gasteiger partial charge < -0.3 is 10.2 Å². The summed E-state index contributed by atoms with van der Waals surface area (Å²) in [5.74, 6) is 1.11. The van der Waals surface area contributed by atoms with Crippen molar-refractivity contribution in [1.82, 2.24) is 0 Å². The first kappa shape index (κ1) is 42.7. The molecule has 0 saturated heterocycles. The summed E-state index contributed by atoms with van der Waals surface area (Å²) in [6, 6.07) is 69.9. The Kier molecular flexibility index (Phi) is 14.6. The van der Waals surface area contributed by atoms with Gasteiger partial charge in [-0.2, -0.15) is 0 Å². The quantitative estimate of drug-likeness (QED) is 0.121. The average Bonchev–Trinajstić information content (AvgIpc) is 3.34. The van der Waals surface area contributed by atoms with Gasteiger partial charge in [0.15, 0.2) is 0 Å². The highest BCUT2D eigenvalue weighted by molar-refractivity contribution is 5.87. The third-order valence-corrected chi connectivity index (χ3v) is 11.6. The third kappa shape index (κ3) is 10.8. The largest absolute Gasteiger partial charge is 0.508 e. The zero-order valence-electron chi connectivity index (χ0n) is 35.7. The molecule has 0 heterocycles. The van der Waals surface area contributed by atoms with Crippen molar-refractivity contribution < 1.29 is 10.2 Å². The van der Waals surface area contributed by atoms with E-state index >= 15 is 0 Å². The molecule has 0 aliphatic heterocycles. The summed E-state index contributed by atoms with van der Waals surface area (Å²) in [5, 5.41) is 21.8. The molecule has 0 bridgehead atoms. The van der Waals surface area contributed by atoms with Gasteiger partial charge >= 0.3 is 0 Å². The molecule has 0 radical (unpaired) electrons. The zero-order chi connectivity index (χ0) is 43.1. The van der Waals surface area contributed by atoms with Gasteiger partial charge in [0.2, 0.25) is 0 Å². The summed E-state index contributed by atoms with van der Waals surface area (Å²) in [6.45, 7) is 6.72. The molecule has 0 fully saturated rings. The maximum atomic E-state index is 11.1. The lowest BCUT2D eigenvalue weighted by molar-refractivity contribution is 0.463. The van der Waals surface area contributed by atoms with Gasteiger partial charge in [-0.3, -0.25) is 0 Å². The maximum absolute atomic E-state index is 11.1. The maximum Gasteiger partial charge on any atom is 0.123 e. The van der Waals surface area contributed by atoms with Gasteiger partial charge in [-0.25, -0.2) is 0 Å². The topological polar surface area (TPSA) is 40.5 Å². The van der Waals surface area contributed by atoms with E-state index in [0.29, 0.717) is 5.75 Å². The van der Waals surface area contributed by atoms with Gasteiger partial charge in [-0.05, 0) is 67.8 Å². The molecule has 0 aromatic heterocycles. The Labute approximate surface area is 368 Å². The van der Waals surface area contributed by atoms with E-state index in [1.54, 1.807) is 6.07 Å². The van der Waals surface area contributed by atoms with Gasteiger partial charge in [-0.1, -0.05) is 251 Å². The number of rotatable bonds is 12. The third-order valence-electron chi connectivity index (χ3n) is 11.6. The van der Waals surface area contributed by atoms with Crippen LogP contribution in [0.2, 0.25) is 0 Å². The highest BCUT2D eigenvalue weighted by atomic mass is 16.3. The van der Waals surface area contributed by atoms with Gasteiger partial charge in [0.25, 0.3) is 0 Å². The SMILES string of the molecule is CC(c1ccccc1)c1ccc(O)c(C(C)c2ccccc2)c1C(C)c1ccccc1.Oc1ccc(C=Cc2ccccc2)c(C=Cc2ccccc2)c1C=Cc1ccccc1. The van der Waals surface area contributed by atoms with Crippen LogP contribution in [0, 0.1) is 0 Å². The molecule has 2 nitrogen and oxygen atoms in total. The summed E-state index contributed by atoms with van der Waals surface area (Å²) in [5.41, 5.74) is 13.4. The van der Waals surface area contributed by atoms with Crippen LogP contribution in [0.3, 0.4) is 0 Å². The molecule has 0 amide bonds. The fourth-order valence-electron chi connectivity index (χ4n) is 8.08. The van der Waals surface area contributed by atoms with Crippen molar-refractivity contribution in [1.29, 1.82) is 0 Å². The van der Waals surface area contributed by atoms with E-state index in [-0.39, 0.29) is 23.5 Å². The smallest absolute Gasteiger partial charge is 0.123 e. The first-order valence-corrected chi connectivity index (χ1v) is 21.4. The Morgan fingerprint density at radius 3 is 1.11 bits per heavy atom. The van der Waals surface area contributed by atoms with Gasteiger partial charge in [-0.15, -0.1) is 0 Å². The lowest BCUT2D eigenvalue weighted by Crippen LogP contribution is -2.12. The van der Waals surface area contributed by atoms with Crippen molar-refractivity contribution >= 4 is 36.5 Å². The van der Waals surface area contributed by atoms with Crippen LogP contribution in [0.25, 0.3) is 36.5 Å². The van der Waals surface area contributed by atoms with E-state index in [1.165, 1.54) is 27.8 Å². The van der Waals surface area contributed by atoms with E-state index in [0.717, 1.165) is 38.9 Å². The number of phenols is 2. The molecule has 0 spiro atoms. The number of hydrogen-bond donors (Lipinski definition) is 2. The second-order valence-electron chi connectivity index (χ2n) is 15.6. The molecular weight excluding hydrogens is 753 g/mol. The molecule has 62 heavy (non-hydrogen) atoms. The Morgan fingerprint density at radius 2 is 0.661 bits per heavy atom. The second kappa shape index (κ2) is 21.2. The molecular formula is C60H54O2. The number of aromatic hydroxyl groups is 2. The van der Waals surface area contributed by atoms with E-state index < -0.39 is 0 Å². The first-order chi connectivity index (χ1) is 30.4. The predicted molar refractivity (Wildman–Crippen MR) is 264 cm³/mol. The standard InChI is InChI=1S/C30H30O.C30H24O/c1-21(24-13-7-4-8-14-24)27-19-20-28(31)30(23(3)26-17-11-6-12-18-26)29(27)22(2)25-15-9-5-10-16-25;31-30-23-20-27(19-16-24-10-4-1-5-11-24)28(21-17-25-12-6-2-7-13-25)29(30)22-18-26-14-8-3-9-15-26/h4-23,31H,1-3H3;1-23,31H. The molecule has 3 atom stereocenters. The van der Waals surface area contributed by atoms with Crippen molar-refractivity contribution in [2.75, 3.05) is 0 Å². The van der Waals surface area contributed by atoms with Crippen LogP contribution in [0.4, 0.5) is 0 Å². The van der Waals surface area contributed by atoms with Crippen LogP contribution < -0.4 is 0 Å². The molecule has 8 rings (SSSR count). The van der Waals surface area contributed by atoms with E-state index in [9.17, 15) is 10.2 Å². The zero-order valence-corrected chi connectivity index (χ0v) is 35.7. The van der Waals surface area contributed by atoms with Crippen molar-refractivity contribution in [3.8, 4) is 11.5 Å². The molecule has 2 N–H and O–H groups in total. The van der Waals surface area contributed by atoms with Crippen molar-refractivity contribution in [3.63, 3.8) is 0 Å². The lowest BCUT2D eigenvalue weighted by Gasteiger charge is -2.28. The van der Waals surface area contributed by atoms with E-state index in [2.05, 4.69) is 160 Å². The predicted octanol–water partition coefficient (Wildman–Crippen LogP) is 15.8. The fourth-order valence-corrected chi connectivity index (χ4v) is 8.08. The van der Waals surface area contributed by atoms with Crippen LogP contribution in [0.5, 0.6) is 11.5 Å². The molecule has 8 aromatic rings. The monoisotopic (exact) mass is 806 g/mol. The molecule has 0 saturated carbocycles. The first-order valence-electron chi connectivity index (χ1n) is 21.4. The number of phenolic OH excluding ortho intramolecular Hbond substituents is 2. The molecule has 0 aliphatic rings. The van der Waals surface area contributed by atoms with Crippen LogP contribution in [0.1, 0.15) is 105 Å². The number of benzene rings is 8. The summed E-state index contributed by atoms with van der Waals surface area (Å²) in [7, 11) is 0. The summed E-state index contributed by atoms with van der Waals surface area (Å²) in [6.07, 6.45) is 12.4. The Bertz CT molecular complexity index is 2700. The summed E-state index contributed by atoms with van der Waals surface area (Å²) in [4.78, 5) is 0. The summed E-state index contributed by atoms with van der Waals surface area (Å²) >= 11 is 0. The van der Waals surface area contributed by atoms with Crippen molar-refractivity contribution in [2.45, 2.75) is 38.5 Å². The van der Waals surface area contributed by atoms with Gasteiger partial charge in [0.1, 0.15) is 11.5 Å². The minimum atomic E-state index is 0.0882. The molecule has 0 aliphatic carbocycles. The van der Waals surface area contributed by atoms with Crippen LogP contribution in [-0.2, 0) is 0 Å². The minimum absolute atomic E-state index is 0.0882. The molecule has 3 unspecified atom stereocenters. The van der Waals surface area contributed by atoms with E-state index in [4.69, 9.17) is 0 Å². The minimum Gasteiger partial charge on any atom is -0.508 e. The summed E-state index contributed by atoms with van der Waals surface area (Å²) < 4.78 is 0. The number of hydrogen-bond acceptors (Lipinski definition) is 2. The highest BCUT2D eigenvalue weighted by Crippen LogP contribution is 2.44. The van der Waals surface area contributed by atoms with Crippen LogP contribution in [0.15, 0.2) is 206 Å². The lowest BCUT2D eigenvalue weighted by atomic mass is 9.76. The van der Waals surface area contributed by atoms with Crippen LogP contribution in [-0.4, -0.2) is 10.2 Å². The Morgan fingerprint density at radius 1 is 0.306 bits per heavy atom. The Hall–Kier alpha value is -7.42. The molecule has 2 heteroatoms. The molecule has 8 aromatic carbocycles. The van der Waals surface area contributed by atoms with Crippen molar-refractivity contribution in [3.05, 3.63) is 273 Å². The van der Waals surface area contributed by atoms with Crippen LogP contribution >= 0.6 is 0 Å². The average molecular weight is 807 g/mol. The fraction of sp³-hybridized carbons (Fsp3) is 0.100. The normalized spacial score (nSPS) is 12.8.